The highest BCUT2D eigenvalue weighted by atomic mass is 35.5. The molecule has 0 nitrogen and oxygen atoms in total. The Bertz CT molecular complexity index is 377. The maximum atomic E-state index is 6.00. The number of halogens is 1. The Morgan fingerprint density at radius 2 is 2.14 bits per heavy atom. The maximum Gasteiger partial charge on any atom is 0.0412 e. The molecule has 0 heterocycles. The fourth-order valence-electron chi connectivity index (χ4n) is 2.06. The van der Waals surface area contributed by atoms with Gasteiger partial charge in [0.2, 0.25) is 0 Å². The second kappa shape index (κ2) is 3.78. The molecule has 0 fully saturated rings. The lowest BCUT2D eigenvalue weighted by molar-refractivity contribution is 0.683. The summed E-state index contributed by atoms with van der Waals surface area (Å²) in [6.45, 7) is 4.49. The largest absolute Gasteiger partial charge is 0.0843 e. The molecule has 1 aliphatic rings. The van der Waals surface area contributed by atoms with E-state index in [9.17, 15) is 0 Å². The number of rotatable bonds is 0. The summed E-state index contributed by atoms with van der Waals surface area (Å²) in [5, 5.41) is 0.835. The molecule has 2 rings (SSSR count). The van der Waals surface area contributed by atoms with Crippen LogP contribution in [0.3, 0.4) is 0 Å². The van der Waals surface area contributed by atoms with Gasteiger partial charge in [-0.1, -0.05) is 36.2 Å². The van der Waals surface area contributed by atoms with Crippen molar-refractivity contribution in [3.63, 3.8) is 0 Å². The van der Waals surface area contributed by atoms with Crippen LogP contribution in [0.25, 0.3) is 6.08 Å². The number of allylic oxidation sites excluding steroid dienone is 1. The molecule has 0 amide bonds. The van der Waals surface area contributed by atoms with Crippen molar-refractivity contribution in [2.75, 3.05) is 0 Å². The zero-order chi connectivity index (χ0) is 10.1. The van der Waals surface area contributed by atoms with Gasteiger partial charge in [-0.25, -0.2) is 0 Å². The zero-order valence-electron chi connectivity index (χ0n) is 8.68. The predicted molar refractivity (Wildman–Crippen MR) is 62.8 cm³/mol. The summed E-state index contributed by atoms with van der Waals surface area (Å²) >= 11 is 6.00. The number of hydrogen-bond acceptors (Lipinski definition) is 0. The maximum absolute atomic E-state index is 6.00. The lowest BCUT2D eigenvalue weighted by Crippen LogP contribution is -1.93. The third-order valence-electron chi connectivity index (χ3n) is 2.95. The summed E-state index contributed by atoms with van der Waals surface area (Å²) in [6, 6.07) is 6.23. The van der Waals surface area contributed by atoms with E-state index in [0.717, 1.165) is 5.02 Å². The van der Waals surface area contributed by atoms with E-state index in [-0.39, 0.29) is 0 Å². The summed E-state index contributed by atoms with van der Waals surface area (Å²) < 4.78 is 0. The van der Waals surface area contributed by atoms with E-state index in [2.05, 4.69) is 32.1 Å². The molecule has 0 spiro atoms. The van der Waals surface area contributed by atoms with Crippen molar-refractivity contribution in [3.05, 3.63) is 39.9 Å². The minimum absolute atomic E-state index is 0.649. The molecular weight excluding hydrogens is 192 g/mol. The third kappa shape index (κ3) is 1.85. The second-order valence-electron chi connectivity index (χ2n) is 4.20. The molecule has 0 N–H and O–H groups in total. The molecular formula is C13H15Cl. The number of benzene rings is 1. The van der Waals surface area contributed by atoms with E-state index in [1.54, 1.807) is 0 Å². The minimum Gasteiger partial charge on any atom is -0.0843 e. The van der Waals surface area contributed by atoms with Crippen LogP contribution in [0, 0.1) is 0 Å². The van der Waals surface area contributed by atoms with E-state index in [0.29, 0.717) is 5.92 Å². The van der Waals surface area contributed by atoms with Gasteiger partial charge in [0, 0.05) is 5.02 Å². The van der Waals surface area contributed by atoms with Crippen molar-refractivity contribution in [2.45, 2.75) is 32.6 Å². The van der Waals surface area contributed by atoms with Crippen LogP contribution < -0.4 is 0 Å². The van der Waals surface area contributed by atoms with Crippen LogP contribution in [-0.4, -0.2) is 0 Å². The molecule has 1 aromatic carbocycles. The van der Waals surface area contributed by atoms with Crippen LogP contribution in [0.15, 0.2) is 23.8 Å². The van der Waals surface area contributed by atoms with Crippen LogP contribution in [0.2, 0.25) is 5.02 Å². The van der Waals surface area contributed by atoms with Crippen molar-refractivity contribution >= 4 is 17.7 Å². The first kappa shape index (κ1) is 9.79. The summed E-state index contributed by atoms with van der Waals surface area (Å²) in [5.74, 6) is 0.649. The molecule has 74 valence electrons. The second-order valence-corrected chi connectivity index (χ2v) is 4.64. The SMILES string of the molecule is CC1=Cc2cc(Cl)ccc2[C@@H](C)CC1. The lowest BCUT2D eigenvalue weighted by Gasteiger charge is -2.11. The standard InChI is InChI=1S/C13H15Cl/c1-9-3-4-10(2)13-6-5-12(14)8-11(13)7-9/h5-8,10H,3-4H2,1-2H3/t10-/m0/s1. The van der Waals surface area contributed by atoms with Crippen molar-refractivity contribution in [3.8, 4) is 0 Å². The highest BCUT2D eigenvalue weighted by molar-refractivity contribution is 6.30. The van der Waals surface area contributed by atoms with Crippen molar-refractivity contribution in [1.29, 1.82) is 0 Å². The van der Waals surface area contributed by atoms with Crippen LogP contribution in [0.4, 0.5) is 0 Å². The Kier molecular flexibility index (Phi) is 2.64. The van der Waals surface area contributed by atoms with E-state index < -0.39 is 0 Å². The summed E-state index contributed by atoms with van der Waals surface area (Å²) in [5.41, 5.74) is 4.20. The molecule has 0 bridgehead atoms. The predicted octanol–water partition coefficient (Wildman–Crippen LogP) is 4.64. The van der Waals surface area contributed by atoms with Gasteiger partial charge in [-0.15, -0.1) is 0 Å². The van der Waals surface area contributed by atoms with Crippen molar-refractivity contribution in [1.82, 2.24) is 0 Å². The Morgan fingerprint density at radius 3 is 2.93 bits per heavy atom. The summed E-state index contributed by atoms with van der Waals surface area (Å²) in [4.78, 5) is 0. The van der Waals surface area contributed by atoms with Crippen LogP contribution in [0.1, 0.15) is 43.7 Å². The Hall–Kier alpha value is -0.750. The highest BCUT2D eigenvalue weighted by Crippen LogP contribution is 2.32. The average molecular weight is 207 g/mol. The fraction of sp³-hybridized carbons (Fsp3) is 0.385. The third-order valence-corrected chi connectivity index (χ3v) is 3.19. The molecule has 0 saturated carbocycles. The van der Waals surface area contributed by atoms with Gasteiger partial charge in [-0.2, -0.15) is 0 Å². The molecule has 14 heavy (non-hydrogen) atoms. The monoisotopic (exact) mass is 206 g/mol. The first-order valence-corrected chi connectivity index (χ1v) is 5.51. The van der Waals surface area contributed by atoms with Gasteiger partial charge in [-0.05, 0) is 48.9 Å². The molecule has 0 unspecified atom stereocenters. The number of hydrogen-bond donors (Lipinski definition) is 0. The minimum atomic E-state index is 0.649. The number of fused-ring (bicyclic) bond motifs is 1. The molecule has 0 aliphatic heterocycles. The highest BCUT2D eigenvalue weighted by Gasteiger charge is 2.13. The first-order valence-electron chi connectivity index (χ1n) is 5.13. The van der Waals surface area contributed by atoms with Gasteiger partial charge < -0.3 is 0 Å². The van der Waals surface area contributed by atoms with Gasteiger partial charge in [0.05, 0.1) is 0 Å². The van der Waals surface area contributed by atoms with Gasteiger partial charge in [0.1, 0.15) is 0 Å². The first-order chi connectivity index (χ1) is 6.66. The van der Waals surface area contributed by atoms with Crippen LogP contribution in [-0.2, 0) is 0 Å². The quantitative estimate of drug-likeness (QED) is 0.580. The van der Waals surface area contributed by atoms with Crippen LogP contribution >= 0.6 is 11.6 Å². The van der Waals surface area contributed by atoms with Gasteiger partial charge >= 0.3 is 0 Å². The van der Waals surface area contributed by atoms with E-state index in [4.69, 9.17) is 11.6 Å². The average Bonchev–Trinajstić information content (AvgIpc) is 2.26. The molecule has 0 aromatic heterocycles. The topological polar surface area (TPSA) is 0 Å². The van der Waals surface area contributed by atoms with E-state index in [1.165, 1.54) is 29.5 Å². The Balaban J connectivity index is 2.54. The van der Waals surface area contributed by atoms with E-state index >= 15 is 0 Å². The van der Waals surface area contributed by atoms with Gasteiger partial charge in [0.15, 0.2) is 0 Å². The zero-order valence-corrected chi connectivity index (χ0v) is 9.43. The fourth-order valence-corrected chi connectivity index (χ4v) is 2.24. The van der Waals surface area contributed by atoms with E-state index in [1.807, 2.05) is 6.07 Å². The molecule has 0 saturated heterocycles. The molecule has 1 aromatic rings. The summed E-state index contributed by atoms with van der Waals surface area (Å²) in [7, 11) is 0. The van der Waals surface area contributed by atoms with Crippen molar-refractivity contribution in [2.24, 2.45) is 0 Å². The van der Waals surface area contributed by atoms with Gasteiger partial charge in [0.25, 0.3) is 0 Å². The van der Waals surface area contributed by atoms with Crippen molar-refractivity contribution < 1.29 is 0 Å². The lowest BCUT2D eigenvalue weighted by atomic mass is 9.94. The smallest absolute Gasteiger partial charge is 0.0412 e. The molecule has 1 aliphatic carbocycles. The van der Waals surface area contributed by atoms with Crippen LogP contribution in [0.5, 0.6) is 0 Å². The Labute approximate surface area is 90.6 Å². The molecule has 1 atom stereocenters. The Morgan fingerprint density at radius 1 is 1.36 bits per heavy atom. The van der Waals surface area contributed by atoms with Gasteiger partial charge in [-0.3, -0.25) is 0 Å². The summed E-state index contributed by atoms with van der Waals surface area (Å²) in [6.07, 6.45) is 4.72. The molecule has 1 heteroatoms. The molecule has 0 radical (unpaired) electrons. The normalized spacial score (nSPS) is 21.1.